The van der Waals surface area contributed by atoms with Crippen molar-refractivity contribution in [3.63, 3.8) is 0 Å². The van der Waals surface area contributed by atoms with E-state index in [-0.39, 0.29) is 0 Å². The van der Waals surface area contributed by atoms with Gasteiger partial charge in [0.25, 0.3) is 0 Å². The summed E-state index contributed by atoms with van der Waals surface area (Å²) in [5.74, 6) is 0. The van der Waals surface area contributed by atoms with Crippen molar-refractivity contribution in [2.75, 3.05) is 20.8 Å². The summed E-state index contributed by atoms with van der Waals surface area (Å²) in [4.78, 5) is 0. The fraction of sp³-hybridized carbons (Fsp3) is 0.750. The second-order valence-electron chi connectivity index (χ2n) is 4.18. The lowest BCUT2D eigenvalue weighted by atomic mass is 10.0. The van der Waals surface area contributed by atoms with E-state index in [0.717, 1.165) is 25.9 Å². The molecular weight excluding hydrogens is 202 g/mol. The number of rotatable bonds is 8. The van der Waals surface area contributed by atoms with E-state index < -0.39 is 0 Å². The lowest BCUT2D eigenvalue weighted by Gasteiger charge is -2.15. The minimum absolute atomic E-state index is 0.579. The predicted molar refractivity (Wildman–Crippen MR) is 65.5 cm³/mol. The van der Waals surface area contributed by atoms with E-state index in [9.17, 15) is 0 Å². The minimum atomic E-state index is 0.579. The third-order valence-corrected chi connectivity index (χ3v) is 2.85. The summed E-state index contributed by atoms with van der Waals surface area (Å²) in [7, 11) is 5.74. The normalized spacial score (nSPS) is 12.9. The molecule has 0 aromatic carbocycles. The molecule has 1 N–H and O–H groups in total. The van der Waals surface area contributed by atoms with Gasteiger partial charge in [-0.15, -0.1) is 0 Å². The highest BCUT2D eigenvalue weighted by atomic mass is 16.5. The first-order valence-electron chi connectivity index (χ1n) is 5.90. The third kappa shape index (κ3) is 4.77. The molecule has 4 heteroatoms. The monoisotopic (exact) mass is 225 g/mol. The van der Waals surface area contributed by atoms with Crippen LogP contribution in [0.1, 0.15) is 24.8 Å². The van der Waals surface area contributed by atoms with Crippen LogP contribution >= 0.6 is 0 Å². The van der Waals surface area contributed by atoms with Crippen LogP contribution in [0.2, 0.25) is 0 Å². The van der Waals surface area contributed by atoms with Crippen LogP contribution in [0.15, 0.2) is 12.4 Å². The minimum Gasteiger partial charge on any atom is -0.385 e. The number of nitrogens with one attached hydrogen (secondary N) is 1. The molecule has 4 nitrogen and oxygen atoms in total. The molecule has 0 radical (unpaired) electrons. The highest BCUT2D eigenvalue weighted by Gasteiger charge is 2.06. The highest BCUT2D eigenvalue weighted by Crippen LogP contribution is 2.08. The van der Waals surface area contributed by atoms with Gasteiger partial charge in [-0.25, -0.2) is 0 Å². The molecular formula is C12H23N3O. The van der Waals surface area contributed by atoms with E-state index >= 15 is 0 Å². The highest BCUT2D eigenvalue weighted by molar-refractivity contribution is 5.03. The Labute approximate surface area is 98.0 Å². The molecule has 0 saturated heterocycles. The number of ether oxygens (including phenoxy) is 1. The van der Waals surface area contributed by atoms with E-state index in [0.29, 0.717) is 6.04 Å². The van der Waals surface area contributed by atoms with Crippen LogP contribution in [0.3, 0.4) is 0 Å². The fourth-order valence-corrected chi connectivity index (χ4v) is 1.85. The maximum Gasteiger partial charge on any atom is 0.0521 e. The zero-order valence-electron chi connectivity index (χ0n) is 10.6. The third-order valence-electron chi connectivity index (χ3n) is 2.85. The van der Waals surface area contributed by atoms with Gasteiger partial charge < -0.3 is 10.1 Å². The molecule has 0 aliphatic carbocycles. The molecule has 0 aliphatic heterocycles. The average molecular weight is 225 g/mol. The fourth-order valence-electron chi connectivity index (χ4n) is 1.85. The van der Waals surface area contributed by atoms with Gasteiger partial charge >= 0.3 is 0 Å². The summed E-state index contributed by atoms with van der Waals surface area (Å²) < 4.78 is 6.92. The van der Waals surface area contributed by atoms with Crippen LogP contribution in [0, 0.1) is 0 Å². The molecule has 1 aromatic heterocycles. The quantitative estimate of drug-likeness (QED) is 0.679. The first-order chi connectivity index (χ1) is 7.76. The molecule has 1 unspecified atom stereocenters. The SMILES string of the molecule is CNC(CCCOC)CCc1cnn(C)c1. The Morgan fingerprint density at radius 1 is 1.50 bits per heavy atom. The van der Waals surface area contributed by atoms with Gasteiger partial charge in [0.1, 0.15) is 0 Å². The van der Waals surface area contributed by atoms with Gasteiger partial charge in [0.2, 0.25) is 0 Å². The van der Waals surface area contributed by atoms with Crippen molar-refractivity contribution in [2.45, 2.75) is 31.7 Å². The zero-order valence-corrected chi connectivity index (χ0v) is 10.6. The molecule has 0 aliphatic rings. The molecule has 16 heavy (non-hydrogen) atoms. The molecule has 0 fully saturated rings. The summed E-state index contributed by atoms with van der Waals surface area (Å²) in [6.45, 7) is 0.852. The Morgan fingerprint density at radius 2 is 2.31 bits per heavy atom. The molecule has 0 amide bonds. The molecule has 1 heterocycles. The average Bonchev–Trinajstić information content (AvgIpc) is 2.69. The van der Waals surface area contributed by atoms with Crippen molar-refractivity contribution in [3.8, 4) is 0 Å². The molecule has 0 spiro atoms. The van der Waals surface area contributed by atoms with Gasteiger partial charge in [-0.3, -0.25) is 4.68 Å². The smallest absolute Gasteiger partial charge is 0.0521 e. The van der Waals surface area contributed by atoms with Gasteiger partial charge in [0.05, 0.1) is 6.20 Å². The Kier molecular flexibility index (Phi) is 6.11. The first kappa shape index (κ1) is 13.2. The van der Waals surface area contributed by atoms with Crippen LogP contribution in [0.25, 0.3) is 0 Å². The molecule has 0 bridgehead atoms. The maximum absolute atomic E-state index is 5.06. The largest absolute Gasteiger partial charge is 0.385 e. The van der Waals surface area contributed by atoms with E-state index in [2.05, 4.69) is 16.6 Å². The summed E-state index contributed by atoms with van der Waals surface area (Å²) in [6, 6.07) is 0.579. The predicted octanol–water partition coefficient (Wildman–Crippen LogP) is 1.37. The van der Waals surface area contributed by atoms with Gasteiger partial charge in [0.15, 0.2) is 0 Å². The van der Waals surface area contributed by atoms with Crippen LogP contribution in [-0.4, -0.2) is 36.6 Å². The number of hydrogen-bond acceptors (Lipinski definition) is 3. The summed E-state index contributed by atoms with van der Waals surface area (Å²) in [5, 5.41) is 7.53. The van der Waals surface area contributed by atoms with Crippen molar-refractivity contribution in [2.24, 2.45) is 7.05 Å². The van der Waals surface area contributed by atoms with Crippen LogP contribution in [0.5, 0.6) is 0 Å². The standard InChI is InChI=1S/C12H23N3O/c1-13-12(5-4-8-16-3)7-6-11-9-14-15(2)10-11/h9-10,12-13H,4-8H2,1-3H3. The second kappa shape index (κ2) is 7.41. The summed E-state index contributed by atoms with van der Waals surface area (Å²) >= 11 is 0. The van der Waals surface area contributed by atoms with Crippen molar-refractivity contribution in [3.05, 3.63) is 18.0 Å². The zero-order chi connectivity index (χ0) is 11.8. The van der Waals surface area contributed by atoms with E-state index in [1.165, 1.54) is 12.0 Å². The summed E-state index contributed by atoms with van der Waals surface area (Å²) in [5.41, 5.74) is 1.31. The van der Waals surface area contributed by atoms with Crippen LogP contribution in [-0.2, 0) is 18.2 Å². The van der Waals surface area contributed by atoms with E-state index in [1.54, 1.807) is 7.11 Å². The van der Waals surface area contributed by atoms with Crippen LogP contribution in [0.4, 0.5) is 0 Å². The molecule has 0 saturated carbocycles. The van der Waals surface area contributed by atoms with E-state index in [4.69, 9.17) is 4.74 Å². The molecule has 1 aromatic rings. The Morgan fingerprint density at radius 3 is 2.88 bits per heavy atom. The van der Waals surface area contributed by atoms with Crippen molar-refractivity contribution in [1.82, 2.24) is 15.1 Å². The van der Waals surface area contributed by atoms with Gasteiger partial charge in [-0.1, -0.05) is 0 Å². The van der Waals surface area contributed by atoms with Crippen molar-refractivity contribution >= 4 is 0 Å². The lowest BCUT2D eigenvalue weighted by molar-refractivity contribution is 0.188. The maximum atomic E-state index is 5.06. The molecule has 92 valence electrons. The number of hydrogen-bond donors (Lipinski definition) is 1. The van der Waals surface area contributed by atoms with Gasteiger partial charge in [-0.05, 0) is 38.3 Å². The Hall–Kier alpha value is -0.870. The summed E-state index contributed by atoms with van der Waals surface area (Å²) in [6.07, 6.45) is 8.57. The van der Waals surface area contributed by atoms with Crippen LogP contribution < -0.4 is 5.32 Å². The van der Waals surface area contributed by atoms with E-state index in [1.807, 2.05) is 25.0 Å². The number of nitrogens with zero attached hydrogens (tertiary/aromatic N) is 2. The topological polar surface area (TPSA) is 39.1 Å². The molecule has 1 rings (SSSR count). The molecule has 1 atom stereocenters. The Bertz CT molecular complexity index is 286. The Balaban J connectivity index is 2.22. The van der Waals surface area contributed by atoms with Crippen molar-refractivity contribution in [1.29, 1.82) is 0 Å². The number of aryl methyl sites for hydroxylation is 2. The lowest BCUT2D eigenvalue weighted by Crippen LogP contribution is -2.26. The number of aromatic nitrogens is 2. The second-order valence-corrected chi connectivity index (χ2v) is 4.18. The van der Waals surface area contributed by atoms with Gasteiger partial charge in [-0.2, -0.15) is 5.10 Å². The first-order valence-corrected chi connectivity index (χ1v) is 5.90. The number of methoxy groups -OCH3 is 1. The van der Waals surface area contributed by atoms with Crippen molar-refractivity contribution < 1.29 is 4.74 Å². The van der Waals surface area contributed by atoms with Gasteiger partial charge in [0, 0.05) is 33.0 Å².